The summed E-state index contributed by atoms with van der Waals surface area (Å²) in [5.74, 6) is -1.81. The van der Waals surface area contributed by atoms with E-state index >= 15 is 0 Å². The molecule has 2 aliphatic rings. The lowest BCUT2D eigenvalue weighted by Crippen LogP contribution is -2.50. The molecular formula is C29H43F3N6O7S. The molecule has 1 aromatic heterocycles. The summed E-state index contributed by atoms with van der Waals surface area (Å²) in [7, 11) is -0.838. The van der Waals surface area contributed by atoms with Crippen LogP contribution in [0, 0.1) is 19.8 Å². The van der Waals surface area contributed by atoms with Gasteiger partial charge in [-0.05, 0) is 82.8 Å². The van der Waals surface area contributed by atoms with E-state index < -0.39 is 22.2 Å². The SMILES string of the molecule is COc1cc(C)c(S(=O)(=O)N(C)Cc2nnc(C(=O)N3CCN(CC4CCN(C(C)C)CC4)CC3)o2)c(C)c1.O=C(O)C(F)(F)F. The number of amides is 1. The smallest absolute Gasteiger partial charge is 0.490 e. The Morgan fingerprint density at radius 2 is 1.61 bits per heavy atom. The van der Waals surface area contributed by atoms with E-state index in [1.54, 1.807) is 38.0 Å². The third-order valence-corrected chi connectivity index (χ3v) is 10.3. The summed E-state index contributed by atoms with van der Waals surface area (Å²) in [4.78, 5) is 28.9. The number of hydrogen-bond donors (Lipinski definition) is 1. The lowest BCUT2D eigenvalue weighted by atomic mass is 9.95. The largest absolute Gasteiger partial charge is 0.497 e. The molecular weight excluding hydrogens is 633 g/mol. The van der Waals surface area contributed by atoms with Crippen molar-refractivity contribution in [2.45, 2.75) is 64.2 Å². The maximum Gasteiger partial charge on any atom is 0.490 e. The van der Waals surface area contributed by atoms with E-state index in [1.807, 2.05) is 0 Å². The second-order valence-corrected chi connectivity index (χ2v) is 13.8. The van der Waals surface area contributed by atoms with Crippen molar-refractivity contribution in [1.82, 2.24) is 29.2 Å². The van der Waals surface area contributed by atoms with Gasteiger partial charge in [0.2, 0.25) is 15.9 Å². The number of sulfonamides is 1. The predicted molar refractivity (Wildman–Crippen MR) is 161 cm³/mol. The van der Waals surface area contributed by atoms with Gasteiger partial charge in [-0.25, -0.2) is 13.2 Å². The van der Waals surface area contributed by atoms with Gasteiger partial charge >= 0.3 is 23.9 Å². The molecule has 2 aliphatic heterocycles. The molecule has 2 aromatic rings. The van der Waals surface area contributed by atoms with Crippen molar-refractivity contribution in [3.8, 4) is 5.75 Å². The Balaban J connectivity index is 0.000000738. The van der Waals surface area contributed by atoms with Crippen molar-refractivity contribution >= 4 is 21.9 Å². The van der Waals surface area contributed by atoms with Crippen LogP contribution in [0.1, 0.15) is 54.4 Å². The minimum atomic E-state index is -5.08. The highest BCUT2D eigenvalue weighted by Crippen LogP contribution is 2.28. The Kier molecular flexibility index (Phi) is 12.6. The molecule has 2 saturated heterocycles. The van der Waals surface area contributed by atoms with Crippen molar-refractivity contribution in [2.75, 3.05) is 60.0 Å². The van der Waals surface area contributed by atoms with Crippen LogP contribution in [0.2, 0.25) is 0 Å². The Morgan fingerprint density at radius 3 is 2.09 bits per heavy atom. The highest BCUT2D eigenvalue weighted by molar-refractivity contribution is 7.89. The number of rotatable bonds is 9. The number of carbonyl (C=O) groups excluding carboxylic acids is 1. The minimum absolute atomic E-state index is 0.0691. The number of nitrogens with zero attached hydrogens (tertiary/aromatic N) is 6. The molecule has 0 spiro atoms. The highest BCUT2D eigenvalue weighted by atomic mass is 32.2. The summed E-state index contributed by atoms with van der Waals surface area (Å²) < 4.78 is 70.3. The molecule has 3 heterocycles. The molecule has 0 radical (unpaired) electrons. The normalized spacial score (nSPS) is 17.2. The van der Waals surface area contributed by atoms with Gasteiger partial charge in [0.15, 0.2) is 0 Å². The number of aliphatic carboxylic acids is 1. The summed E-state index contributed by atoms with van der Waals surface area (Å²) in [6.07, 6.45) is -2.63. The van der Waals surface area contributed by atoms with Gasteiger partial charge in [-0.1, -0.05) is 0 Å². The van der Waals surface area contributed by atoms with Crippen molar-refractivity contribution < 1.29 is 45.4 Å². The van der Waals surface area contributed by atoms with Crippen LogP contribution in [0.4, 0.5) is 13.2 Å². The number of aryl methyl sites for hydroxylation is 2. The number of likely N-dealkylation sites (tertiary alicyclic amines) is 1. The standard InChI is InChI=1S/C27H42N6O5S.C2HF3O2/c1-19(2)32-9-7-22(8-10-32)17-31-11-13-33(14-12-31)27(34)26-29-28-24(38-26)18-30(5)39(35,36)25-20(3)15-23(37-6)16-21(25)4;3-2(4,5)1(6)7/h15-16,19,22H,7-14,17-18H2,1-6H3;(H,6,7). The van der Waals surface area contributed by atoms with Crippen LogP contribution in [0.3, 0.4) is 0 Å². The number of aromatic nitrogens is 2. The molecule has 1 aromatic carbocycles. The number of carboxylic acids is 1. The molecule has 0 atom stereocenters. The molecule has 0 unspecified atom stereocenters. The first-order valence-corrected chi connectivity index (χ1v) is 16.4. The average molecular weight is 677 g/mol. The van der Waals surface area contributed by atoms with Crippen LogP contribution in [-0.4, -0.2) is 127 Å². The molecule has 0 saturated carbocycles. The van der Waals surface area contributed by atoms with Gasteiger partial charge in [0.25, 0.3) is 0 Å². The van der Waals surface area contributed by atoms with E-state index in [1.165, 1.54) is 19.9 Å². The molecule has 258 valence electrons. The quantitative estimate of drug-likeness (QED) is 0.418. The van der Waals surface area contributed by atoms with Gasteiger partial charge < -0.3 is 24.1 Å². The first-order chi connectivity index (χ1) is 21.4. The Morgan fingerprint density at radius 1 is 1.07 bits per heavy atom. The molecule has 4 rings (SSSR count). The van der Waals surface area contributed by atoms with Gasteiger partial charge in [0.1, 0.15) is 5.75 Å². The number of halogens is 3. The Bertz CT molecular complexity index is 1430. The second-order valence-electron chi connectivity index (χ2n) is 11.8. The first kappa shape index (κ1) is 37.2. The summed E-state index contributed by atoms with van der Waals surface area (Å²) in [6.45, 7) is 14.1. The van der Waals surface area contributed by atoms with Crippen molar-refractivity contribution in [1.29, 1.82) is 0 Å². The average Bonchev–Trinajstić information content (AvgIpc) is 3.45. The zero-order valence-electron chi connectivity index (χ0n) is 27.0. The second kappa shape index (κ2) is 15.5. The zero-order valence-corrected chi connectivity index (χ0v) is 27.8. The molecule has 46 heavy (non-hydrogen) atoms. The maximum atomic E-state index is 13.3. The van der Waals surface area contributed by atoms with Crippen LogP contribution in [-0.2, 0) is 21.4 Å². The van der Waals surface area contributed by atoms with E-state index in [9.17, 15) is 26.4 Å². The van der Waals surface area contributed by atoms with E-state index in [-0.39, 0.29) is 29.1 Å². The van der Waals surface area contributed by atoms with Gasteiger partial charge in [-0.15, -0.1) is 10.2 Å². The van der Waals surface area contributed by atoms with Crippen LogP contribution in [0.15, 0.2) is 21.4 Å². The van der Waals surface area contributed by atoms with Gasteiger partial charge in [-0.2, -0.15) is 17.5 Å². The van der Waals surface area contributed by atoms with Gasteiger partial charge in [0.05, 0.1) is 18.6 Å². The van der Waals surface area contributed by atoms with Gasteiger partial charge in [-0.3, -0.25) is 9.69 Å². The topological polar surface area (TPSA) is 150 Å². The monoisotopic (exact) mass is 676 g/mol. The summed E-state index contributed by atoms with van der Waals surface area (Å²) in [5.41, 5.74) is 1.17. The Labute approximate surface area is 267 Å². The Hall–Kier alpha value is -3.28. The van der Waals surface area contributed by atoms with Crippen molar-refractivity contribution in [3.63, 3.8) is 0 Å². The number of hydrogen-bond acceptors (Lipinski definition) is 10. The fourth-order valence-electron chi connectivity index (χ4n) is 5.56. The lowest BCUT2D eigenvalue weighted by molar-refractivity contribution is -0.192. The van der Waals surface area contributed by atoms with E-state index in [4.69, 9.17) is 19.1 Å². The van der Waals surface area contributed by atoms with Crippen molar-refractivity contribution in [3.05, 3.63) is 35.0 Å². The van der Waals surface area contributed by atoms with E-state index in [0.717, 1.165) is 37.0 Å². The van der Waals surface area contributed by atoms with E-state index in [0.29, 0.717) is 41.9 Å². The molecule has 13 nitrogen and oxygen atoms in total. The third kappa shape index (κ3) is 9.62. The lowest BCUT2D eigenvalue weighted by Gasteiger charge is -2.39. The third-order valence-electron chi connectivity index (χ3n) is 8.14. The fraction of sp³-hybridized carbons (Fsp3) is 0.655. The summed E-state index contributed by atoms with van der Waals surface area (Å²) >= 11 is 0. The minimum Gasteiger partial charge on any atom is -0.497 e. The molecule has 0 aliphatic carbocycles. The molecule has 1 N–H and O–H groups in total. The van der Waals surface area contributed by atoms with Crippen molar-refractivity contribution in [2.24, 2.45) is 5.92 Å². The van der Waals surface area contributed by atoms with Crippen LogP contribution >= 0.6 is 0 Å². The summed E-state index contributed by atoms with van der Waals surface area (Å²) in [6, 6.07) is 3.98. The number of benzene rings is 1. The maximum absolute atomic E-state index is 13.3. The van der Waals surface area contributed by atoms with Crippen LogP contribution < -0.4 is 4.74 Å². The number of piperazine rings is 1. The molecule has 0 bridgehead atoms. The first-order valence-electron chi connectivity index (χ1n) is 14.9. The molecule has 17 heteroatoms. The number of piperidine rings is 1. The fourth-order valence-corrected chi connectivity index (χ4v) is 7.08. The van der Waals surface area contributed by atoms with Crippen LogP contribution in [0.25, 0.3) is 0 Å². The number of ether oxygens (including phenoxy) is 1. The number of methoxy groups -OCH3 is 1. The molecule has 1 amide bonds. The zero-order chi connectivity index (χ0) is 34.4. The number of carboxylic acid groups (broad SMARTS) is 1. The van der Waals surface area contributed by atoms with E-state index in [2.05, 4.69) is 33.8 Å². The summed E-state index contributed by atoms with van der Waals surface area (Å²) in [5, 5.41) is 15.0. The molecule has 2 fully saturated rings. The van der Waals surface area contributed by atoms with Gasteiger partial charge in [0, 0.05) is 45.8 Å². The predicted octanol–water partition coefficient (Wildman–Crippen LogP) is 3.03. The highest BCUT2D eigenvalue weighted by Gasteiger charge is 2.38. The number of alkyl halides is 3. The van der Waals surface area contributed by atoms with Crippen LogP contribution in [0.5, 0.6) is 5.75 Å². The number of carbonyl (C=O) groups is 2.